The van der Waals surface area contributed by atoms with E-state index in [-0.39, 0.29) is 28.8 Å². The molecule has 0 fully saturated rings. The minimum atomic E-state index is -4.58. The first-order chi connectivity index (χ1) is 19.9. The van der Waals surface area contributed by atoms with E-state index in [9.17, 15) is 26.4 Å². The molecule has 2 heterocycles. The van der Waals surface area contributed by atoms with Gasteiger partial charge in [0.25, 0.3) is 5.82 Å². The number of sulfonamides is 1. The molecule has 42 heavy (non-hydrogen) atoms. The van der Waals surface area contributed by atoms with E-state index in [4.69, 9.17) is 4.74 Å². The number of imidazole rings is 1. The molecule has 0 aliphatic carbocycles. The Kier molecular flexibility index (Phi) is 7.60. The SMILES string of the molecule is CCn1c(COC(=O)c2nc(-c3ccccc3)n(-c3cccc(C(F)(F)F)c3)n2)nc2cc(S(=O)(=O)N(C)C)ccc21. The lowest BCUT2D eigenvalue weighted by Crippen LogP contribution is -2.22. The summed E-state index contributed by atoms with van der Waals surface area (Å²) in [7, 11) is -0.819. The maximum Gasteiger partial charge on any atom is 0.416 e. The van der Waals surface area contributed by atoms with Crippen molar-refractivity contribution in [1.82, 2.24) is 28.6 Å². The van der Waals surface area contributed by atoms with Gasteiger partial charge >= 0.3 is 12.1 Å². The van der Waals surface area contributed by atoms with Crippen molar-refractivity contribution in [3.63, 3.8) is 0 Å². The number of carbonyl (C=O) groups is 1. The smallest absolute Gasteiger partial charge is 0.416 e. The third-order valence-electron chi connectivity index (χ3n) is 6.47. The second kappa shape index (κ2) is 11.0. The summed E-state index contributed by atoms with van der Waals surface area (Å²) in [6.45, 7) is 2.04. The number of carbonyl (C=O) groups excluding carboxylic acids is 1. The number of benzene rings is 3. The van der Waals surface area contributed by atoms with E-state index >= 15 is 0 Å². The molecular weight excluding hydrogens is 573 g/mol. The fraction of sp³-hybridized carbons (Fsp3) is 0.214. The van der Waals surface area contributed by atoms with Crippen molar-refractivity contribution in [2.45, 2.75) is 31.1 Å². The summed E-state index contributed by atoms with van der Waals surface area (Å²) in [6, 6.07) is 17.7. The van der Waals surface area contributed by atoms with E-state index in [1.165, 1.54) is 38.4 Å². The van der Waals surface area contributed by atoms with Crippen LogP contribution in [-0.4, -0.2) is 57.1 Å². The summed E-state index contributed by atoms with van der Waals surface area (Å²) >= 11 is 0. The quantitative estimate of drug-likeness (QED) is 0.233. The Hall–Kier alpha value is -4.56. The Bertz CT molecular complexity index is 1880. The second-order valence-corrected chi connectivity index (χ2v) is 11.5. The first kappa shape index (κ1) is 29.0. The van der Waals surface area contributed by atoms with Gasteiger partial charge in [0, 0.05) is 26.2 Å². The van der Waals surface area contributed by atoms with E-state index in [1.807, 2.05) is 6.92 Å². The average molecular weight is 599 g/mol. The number of rotatable bonds is 8. The van der Waals surface area contributed by atoms with Gasteiger partial charge in [0.05, 0.1) is 27.2 Å². The van der Waals surface area contributed by atoms with Crippen LogP contribution in [-0.2, 0) is 34.1 Å². The van der Waals surface area contributed by atoms with Gasteiger partial charge in [0.2, 0.25) is 10.0 Å². The highest BCUT2D eigenvalue weighted by Crippen LogP contribution is 2.31. The number of alkyl halides is 3. The minimum absolute atomic E-state index is 0.0616. The number of aromatic nitrogens is 5. The van der Waals surface area contributed by atoms with E-state index in [1.54, 1.807) is 41.0 Å². The molecule has 0 aliphatic rings. The summed E-state index contributed by atoms with van der Waals surface area (Å²) in [4.78, 5) is 21.9. The summed E-state index contributed by atoms with van der Waals surface area (Å²) in [5.41, 5.74) is 0.770. The molecule has 0 saturated carbocycles. The highest BCUT2D eigenvalue weighted by Gasteiger charge is 2.31. The molecule has 218 valence electrons. The second-order valence-electron chi connectivity index (χ2n) is 9.37. The number of esters is 1. The molecule has 0 bridgehead atoms. The van der Waals surface area contributed by atoms with Crippen LogP contribution in [0.3, 0.4) is 0 Å². The number of aryl methyl sites for hydroxylation is 1. The normalized spacial score (nSPS) is 12.3. The third kappa shape index (κ3) is 5.50. The van der Waals surface area contributed by atoms with Crippen LogP contribution in [0.2, 0.25) is 0 Å². The third-order valence-corrected chi connectivity index (χ3v) is 8.28. The van der Waals surface area contributed by atoms with Gasteiger partial charge in [-0.15, -0.1) is 5.10 Å². The predicted molar refractivity (Wildman–Crippen MR) is 147 cm³/mol. The molecule has 5 aromatic rings. The molecule has 0 atom stereocenters. The van der Waals surface area contributed by atoms with E-state index in [0.29, 0.717) is 29.0 Å². The fourth-order valence-electron chi connectivity index (χ4n) is 4.36. The molecule has 0 amide bonds. The van der Waals surface area contributed by atoms with Crippen molar-refractivity contribution in [2.24, 2.45) is 0 Å². The lowest BCUT2D eigenvalue weighted by Gasteiger charge is -2.11. The predicted octanol–water partition coefficient (Wildman–Crippen LogP) is 4.93. The first-order valence-electron chi connectivity index (χ1n) is 12.7. The maximum atomic E-state index is 13.4. The molecule has 10 nitrogen and oxygen atoms in total. The van der Waals surface area contributed by atoms with Crippen molar-refractivity contribution in [3.8, 4) is 17.1 Å². The largest absolute Gasteiger partial charge is 0.452 e. The van der Waals surface area contributed by atoms with Crippen molar-refractivity contribution >= 4 is 27.0 Å². The van der Waals surface area contributed by atoms with Crippen LogP contribution in [0.1, 0.15) is 28.9 Å². The number of fused-ring (bicyclic) bond motifs is 1. The van der Waals surface area contributed by atoms with Crippen molar-refractivity contribution in [2.75, 3.05) is 14.1 Å². The Morgan fingerprint density at radius 1 is 0.976 bits per heavy atom. The lowest BCUT2D eigenvalue weighted by atomic mass is 10.2. The Morgan fingerprint density at radius 2 is 1.71 bits per heavy atom. The summed E-state index contributed by atoms with van der Waals surface area (Å²) in [6.07, 6.45) is -4.58. The highest BCUT2D eigenvalue weighted by molar-refractivity contribution is 7.89. The molecular formula is C28H25F3N6O4S. The molecule has 14 heteroatoms. The Balaban J connectivity index is 1.47. The average Bonchev–Trinajstić information content (AvgIpc) is 3.57. The van der Waals surface area contributed by atoms with Crippen LogP contribution in [0.5, 0.6) is 0 Å². The van der Waals surface area contributed by atoms with E-state index in [2.05, 4.69) is 15.1 Å². The number of halogens is 3. The zero-order valence-corrected chi connectivity index (χ0v) is 23.5. The van der Waals surface area contributed by atoms with Crippen LogP contribution < -0.4 is 0 Å². The molecule has 0 radical (unpaired) electrons. The Labute approximate surface area is 239 Å². The minimum Gasteiger partial charge on any atom is -0.452 e. The molecule has 0 spiro atoms. The number of nitrogens with zero attached hydrogens (tertiary/aromatic N) is 6. The van der Waals surface area contributed by atoms with Crippen LogP contribution in [0.15, 0.2) is 77.7 Å². The van der Waals surface area contributed by atoms with Crippen LogP contribution in [0, 0.1) is 0 Å². The lowest BCUT2D eigenvalue weighted by molar-refractivity contribution is -0.137. The standard InChI is InChI=1S/C28H25F3N6O4S/c1-4-36-23-14-13-21(42(39,40)35(2)3)16-22(23)32-24(36)17-41-27(38)25-33-26(18-9-6-5-7-10-18)37(34-25)20-12-8-11-19(15-20)28(29,30)31/h5-16H,4,17H2,1-3H3. The van der Waals surface area contributed by atoms with Crippen LogP contribution in [0.25, 0.3) is 28.1 Å². The number of ether oxygens (including phenoxy) is 1. The molecule has 0 aliphatic heterocycles. The van der Waals surface area contributed by atoms with E-state index < -0.39 is 27.7 Å². The van der Waals surface area contributed by atoms with Crippen molar-refractivity contribution in [3.05, 3.63) is 90.0 Å². The van der Waals surface area contributed by atoms with E-state index in [0.717, 1.165) is 21.1 Å². The van der Waals surface area contributed by atoms with Crippen LogP contribution in [0.4, 0.5) is 13.2 Å². The summed E-state index contributed by atoms with van der Waals surface area (Å²) in [5.74, 6) is -0.758. The van der Waals surface area contributed by atoms with Gasteiger partial charge in [0.15, 0.2) is 5.82 Å². The fourth-order valence-corrected chi connectivity index (χ4v) is 5.28. The van der Waals surface area contributed by atoms with Gasteiger partial charge < -0.3 is 9.30 Å². The number of hydrogen-bond donors (Lipinski definition) is 0. The van der Waals surface area contributed by atoms with Gasteiger partial charge in [-0.3, -0.25) is 0 Å². The van der Waals surface area contributed by atoms with Gasteiger partial charge in [-0.05, 0) is 43.3 Å². The molecule has 2 aromatic heterocycles. The van der Waals surface area contributed by atoms with Crippen molar-refractivity contribution in [1.29, 1.82) is 0 Å². The molecule has 0 saturated heterocycles. The molecule has 5 rings (SSSR count). The zero-order chi connectivity index (χ0) is 30.2. The topological polar surface area (TPSA) is 112 Å². The molecule has 0 N–H and O–H groups in total. The molecule has 3 aromatic carbocycles. The first-order valence-corrected chi connectivity index (χ1v) is 14.1. The van der Waals surface area contributed by atoms with Crippen molar-refractivity contribution < 1.29 is 31.1 Å². The highest BCUT2D eigenvalue weighted by atomic mass is 32.2. The Morgan fingerprint density at radius 3 is 2.38 bits per heavy atom. The molecule has 0 unspecified atom stereocenters. The van der Waals surface area contributed by atoms with Crippen LogP contribution >= 0.6 is 0 Å². The van der Waals surface area contributed by atoms with Gasteiger partial charge in [0.1, 0.15) is 12.4 Å². The number of hydrogen-bond acceptors (Lipinski definition) is 7. The maximum absolute atomic E-state index is 13.4. The summed E-state index contributed by atoms with van der Waals surface area (Å²) < 4.78 is 74.8. The van der Waals surface area contributed by atoms with Gasteiger partial charge in [-0.1, -0.05) is 36.4 Å². The zero-order valence-electron chi connectivity index (χ0n) is 22.7. The summed E-state index contributed by atoms with van der Waals surface area (Å²) in [5, 5.41) is 4.20. The monoisotopic (exact) mass is 598 g/mol. The van der Waals surface area contributed by atoms with Gasteiger partial charge in [-0.25, -0.2) is 32.2 Å². The van der Waals surface area contributed by atoms with Gasteiger partial charge in [-0.2, -0.15) is 13.2 Å².